The third-order valence-electron chi connectivity index (χ3n) is 3.97. The summed E-state index contributed by atoms with van der Waals surface area (Å²) in [6.07, 6.45) is -1.16. The molecule has 0 heterocycles. The molecule has 0 aliphatic rings. The Morgan fingerprint density at radius 2 is 1.62 bits per heavy atom. The number of hydrogen-bond donors (Lipinski definition) is 1. The molecule has 0 saturated heterocycles. The number of rotatable bonds is 5. The fraction of sp³-hybridized carbons (Fsp3) is 0.150. The van der Waals surface area contributed by atoms with E-state index in [1.54, 1.807) is 18.2 Å². The van der Waals surface area contributed by atoms with Crippen LogP contribution in [0.5, 0.6) is 0 Å². The lowest BCUT2D eigenvalue weighted by Crippen LogP contribution is -2.30. The van der Waals surface area contributed by atoms with Crippen molar-refractivity contribution >= 4 is 32.5 Å². The summed E-state index contributed by atoms with van der Waals surface area (Å²) >= 11 is 0. The fourth-order valence-electron chi connectivity index (χ4n) is 2.51. The maximum absolute atomic E-state index is 12.3. The van der Waals surface area contributed by atoms with E-state index < -0.39 is 22.1 Å². The lowest BCUT2D eigenvalue weighted by Gasteiger charge is -2.14. The third-order valence-corrected chi connectivity index (χ3v) is 5.36. The van der Waals surface area contributed by atoms with Gasteiger partial charge >= 0.3 is 0 Å². The van der Waals surface area contributed by atoms with Crippen molar-refractivity contribution in [3.05, 3.63) is 72.3 Å². The van der Waals surface area contributed by atoms with Crippen LogP contribution in [0.15, 0.2) is 71.6 Å². The Kier molecular flexibility index (Phi) is 5.06. The van der Waals surface area contributed by atoms with E-state index in [1.165, 1.54) is 19.1 Å². The lowest BCUT2D eigenvalue weighted by molar-refractivity contribution is -0.121. The van der Waals surface area contributed by atoms with Crippen molar-refractivity contribution in [1.29, 1.82) is 0 Å². The van der Waals surface area contributed by atoms with E-state index in [-0.39, 0.29) is 4.90 Å². The van der Waals surface area contributed by atoms with Gasteiger partial charge in [0.05, 0.1) is 4.90 Å². The van der Waals surface area contributed by atoms with Gasteiger partial charge in [0.2, 0.25) is 0 Å². The van der Waals surface area contributed by atoms with Crippen LogP contribution in [0.25, 0.3) is 10.8 Å². The first-order valence-electron chi connectivity index (χ1n) is 8.15. The number of anilines is 1. The van der Waals surface area contributed by atoms with Gasteiger partial charge in [-0.1, -0.05) is 48.0 Å². The Morgan fingerprint density at radius 3 is 2.31 bits per heavy atom. The molecule has 0 fully saturated rings. The van der Waals surface area contributed by atoms with Gasteiger partial charge in [0.25, 0.3) is 16.0 Å². The third kappa shape index (κ3) is 4.09. The van der Waals surface area contributed by atoms with E-state index in [4.69, 9.17) is 4.18 Å². The standard InChI is InChI=1S/C20H19NO4S/c1-14-7-11-19(12-8-14)26(23,24)25-15(2)20(22)21-18-10-9-16-5-3-4-6-17(16)13-18/h3-13,15H,1-2H3,(H,21,22)/t15-/m0/s1. The maximum Gasteiger partial charge on any atom is 0.297 e. The number of hydrogen-bond acceptors (Lipinski definition) is 4. The molecular weight excluding hydrogens is 350 g/mol. The van der Waals surface area contributed by atoms with Crippen LogP contribution in [-0.2, 0) is 19.1 Å². The summed E-state index contributed by atoms with van der Waals surface area (Å²) < 4.78 is 29.6. The molecule has 0 saturated carbocycles. The molecule has 0 bridgehead atoms. The average Bonchev–Trinajstić information content (AvgIpc) is 2.61. The van der Waals surface area contributed by atoms with Gasteiger partial charge in [-0.15, -0.1) is 0 Å². The summed E-state index contributed by atoms with van der Waals surface area (Å²) in [4.78, 5) is 12.3. The molecule has 1 N–H and O–H groups in total. The van der Waals surface area contributed by atoms with Crippen LogP contribution in [0.3, 0.4) is 0 Å². The summed E-state index contributed by atoms with van der Waals surface area (Å²) in [5, 5.41) is 4.72. The van der Waals surface area contributed by atoms with Crippen molar-refractivity contribution in [3.8, 4) is 0 Å². The molecule has 0 aliphatic heterocycles. The molecule has 134 valence electrons. The van der Waals surface area contributed by atoms with Gasteiger partial charge in [-0.25, -0.2) is 0 Å². The highest BCUT2D eigenvalue weighted by Gasteiger charge is 2.24. The summed E-state index contributed by atoms with van der Waals surface area (Å²) in [6.45, 7) is 3.26. The Bertz CT molecular complexity index is 1040. The van der Waals surface area contributed by atoms with Gasteiger partial charge in [-0.3, -0.25) is 8.98 Å². The van der Waals surface area contributed by atoms with Crippen LogP contribution in [-0.4, -0.2) is 20.4 Å². The summed E-state index contributed by atoms with van der Waals surface area (Å²) in [6, 6.07) is 19.5. The first-order chi connectivity index (χ1) is 12.3. The van der Waals surface area contributed by atoms with Crippen LogP contribution in [0.4, 0.5) is 5.69 Å². The summed E-state index contributed by atoms with van der Waals surface area (Å²) in [5.74, 6) is -0.532. The largest absolute Gasteiger partial charge is 0.324 e. The Hall–Kier alpha value is -2.70. The predicted molar refractivity (Wildman–Crippen MR) is 101 cm³/mol. The molecule has 6 heteroatoms. The molecule has 0 spiro atoms. The molecule has 0 radical (unpaired) electrons. The van der Waals surface area contributed by atoms with Crippen molar-refractivity contribution in [3.63, 3.8) is 0 Å². The molecule has 0 unspecified atom stereocenters. The second-order valence-electron chi connectivity index (χ2n) is 6.06. The fourth-order valence-corrected chi connectivity index (χ4v) is 3.55. The molecule has 5 nitrogen and oxygen atoms in total. The molecule has 1 amide bonds. The smallest absolute Gasteiger partial charge is 0.297 e. The molecular formula is C20H19NO4S. The topological polar surface area (TPSA) is 72.5 Å². The number of carbonyl (C=O) groups excluding carboxylic acids is 1. The summed E-state index contributed by atoms with van der Waals surface area (Å²) in [5.41, 5.74) is 1.52. The van der Waals surface area contributed by atoms with Gasteiger partial charge in [0.1, 0.15) is 0 Å². The monoisotopic (exact) mass is 369 g/mol. The molecule has 3 rings (SSSR count). The number of amides is 1. The van der Waals surface area contributed by atoms with Crippen LogP contribution in [0.2, 0.25) is 0 Å². The Balaban J connectivity index is 1.71. The van der Waals surface area contributed by atoms with Crippen molar-refractivity contribution in [2.45, 2.75) is 24.8 Å². The normalized spacial score (nSPS) is 12.7. The SMILES string of the molecule is Cc1ccc(S(=O)(=O)O[C@@H](C)C(=O)Nc2ccc3ccccc3c2)cc1. The van der Waals surface area contributed by atoms with Crippen LogP contribution in [0.1, 0.15) is 12.5 Å². The van der Waals surface area contributed by atoms with Crippen LogP contribution in [0, 0.1) is 6.92 Å². The molecule has 0 aromatic heterocycles. The molecule has 3 aromatic rings. The minimum atomic E-state index is -4.01. The highest BCUT2D eigenvalue weighted by atomic mass is 32.2. The van der Waals surface area contributed by atoms with Gasteiger partial charge < -0.3 is 5.32 Å². The number of benzene rings is 3. The Morgan fingerprint density at radius 1 is 0.962 bits per heavy atom. The van der Waals surface area contributed by atoms with Crippen molar-refractivity contribution in [2.75, 3.05) is 5.32 Å². The molecule has 26 heavy (non-hydrogen) atoms. The second kappa shape index (κ2) is 7.27. The minimum Gasteiger partial charge on any atom is -0.324 e. The lowest BCUT2D eigenvalue weighted by atomic mass is 10.1. The predicted octanol–water partition coefficient (Wildman–Crippen LogP) is 3.88. The van der Waals surface area contributed by atoms with Crippen molar-refractivity contribution < 1.29 is 17.4 Å². The zero-order valence-electron chi connectivity index (χ0n) is 14.5. The number of aryl methyl sites for hydroxylation is 1. The number of fused-ring (bicyclic) bond motifs is 1. The van der Waals surface area contributed by atoms with Gasteiger partial charge in [0.15, 0.2) is 6.10 Å². The molecule has 0 aliphatic carbocycles. The number of carbonyl (C=O) groups is 1. The molecule has 1 atom stereocenters. The average molecular weight is 369 g/mol. The highest BCUT2D eigenvalue weighted by molar-refractivity contribution is 7.86. The van der Waals surface area contributed by atoms with E-state index >= 15 is 0 Å². The number of nitrogens with one attached hydrogen (secondary N) is 1. The van der Waals surface area contributed by atoms with Crippen molar-refractivity contribution in [1.82, 2.24) is 0 Å². The van der Waals surface area contributed by atoms with E-state index in [9.17, 15) is 13.2 Å². The molecule has 3 aromatic carbocycles. The zero-order valence-corrected chi connectivity index (χ0v) is 15.3. The van der Waals surface area contributed by atoms with E-state index in [2.05, 4.69) is 5.32 Å². The van der Waals surface area contributed by atoms with E-state index in [1.807, 2.05) is 43.3 Å². The van der Waals surface area contributed by atoms with E-state index in [0.29, 0.717) is 5.69 Å². The highest BCUT2D eigenvalue weighted by Crippen LogP contribution is 2.20. The Labute approximate surface area is 152 Å². The van der Waals surface area contributed by atoms with Gasteiger partial charge in [-0.05, 0) is 48.9 Å². The maximum atomic E-state index is 12.3. The van der Waals surface area contributed by atoms with Crippen LogP contribution >= 0.6 is 0 Å². The zero-order chi connectivity index (χ0) is 18.7. The minimum absolute atomic E-state index is 0.0217. The second-order valence-corrected chi connectivity index (χ2v) is 7.63. The van der Waals surface area contributed by atoms with Gasteiger partial charge in [-0.2, -0.15) is 8.42 Å². The first-order valence-corrected chi connectivity index (χ1v) is 9.55. The van der Waals surface area contributed by atoms with Gasteiger partial charge in [0, 0.05) is 5.69 Å². The van der Waals surface area contributed by atoms with E-state index in [0.717, 1.165) is 16.3 Å². The summed E-state index contributed by atoms with van der Waals surface area (Å²) in [7, 11) is -4.01. The quantitative estimate of drug-likeness (QED) is 0.693. The van der Waals surface area contributed by atoms with Crippen molar-refractivity contribution in [2.24, 2.45) is 0 Å². The van der Waals surface area contributed by atoms with Crippen LogP contribution < -0.4 is 5.32 Å². The first kappa shape index (κ1) is 18.1.